The molecule has 19 heavy (non-hydrogen) atoms. The smallest absolute Gasteiger partial charge is 0.237 e. The molecule has 3 nitrogen and oxygen atoms in total. The topological polar surface area (TPSA) is 55.1 Å². The SMILES string of the molecule is CCC(C)(C(=O)Nc1c(Br)cc(C)cc1Br)C(N)=S. The summed E-state index contributed by atoms with van der Waals surface area (Å²) < 4.78 is 1.63. The summed E-state index contributed by atoms with van der Waals surface area (Å²) in [5.41, 5.74) is 6.61. The largest absolute Gasteiger partial charge is 0.392 e. The second-order valence-corrected chi connectivity index (χ2v) is 6.76. The van der Waals surface area contributed by atoms with Crippen molar-refractivity contribution in [1.29, 1.82) is 0 Å². The number of anilines is 1. The third kappa shape index (κ3) is 3.55. The molecule has 0 bridgehead atoms. The summed E-state index contributed by atoms with van der Waals surface area (Å²) >= 11 is 11.9. The highest BCUT2D eigenvalue weighted by Crippen LogP contribution is 2.34. The molecular weight excluding hydrogens is 392 g/mol. The summed E-state index contributed by atoms with van der Waals surface area (Å²) in [5, 5.41) is 2.88. The van der Waals surface area contributed by atoms with Crippen molar-refractivity contribution in [2.75, 3.05) is 5.32 Å². The first-order valence-electron chi connectivity index (χ1n) is 5.79. The van der Waals surface area contributed by atoms with Gasteiger partial charge in [0.15, 0.2) is 0 Å². The Morgan fingerprint density at radius 1 is 1.42 bits per heavy atom. The molecule has 6 heteroatoms. The summed E-state index contributed by atoms with van der Waals surface area (Å²) in [6.45, 7) is 5.62. The van der Waals surface area contributed by atoms with Gasteiger partial charge in [0, 0.05) is 8.95 Å². The monoisotopic (exact) mass is 406 g/mol. The Balaban J connectivity index is 3.10. The third-order valence-corrected chi connectivity index (χ3v) is 4.88. The predicted molar refractivity (Wildman–Crippen MR) is 90.4 cm³/mol. The Bertz CT molecular complexity index is 510. The fraction of sp³-hybridized carbons (Fsp3) is 0.385. The van der Waals surface area contributed by atoms with Gasteiger partial charge in [-0.05, 0) is 69.8 Å². The molecule has 0 saturated carbocycles. The van der Waals surface area contributed by atoms with E-state index in [2.05, 4.69) is 37.2 Å². The zero-order valence-corrected chi connectivity index (χ0v) is 15.0. The Morgan fingerprint density at radius 2 is 1.89 bits per heavy atom. The van der Waals surface area contributed by atoms with Crippen molar-refractivity contribution in [1.82, 2.24) is 0 Å². The molecule has 1 rings (SSSR count). The maximum Gasteiger partial charge on any atom is 0.237 e. The standard InChI is InChI=1S/C13H16Br2N2OS/c1-4-13(3,11(16)19)12(18)17-10-8(14)5-7(2)6-9(10)15/h5-6H,4H2,1-3H3,(H2,16,19)(H,17,18). The minimum absolute atomic E-state index is 0.201. The minimum atomic E-state index is -0.848. The fourth-order valence-corrected chi connectivity index (χ4v) is 3.37. The van der Waals surface area contributed by atoms with Crippen LogP contribution in [0, 0.1) is 12.3 Å². The lowest BCUT2D eigenvalue weighted by Crippen LogP contribution is -2.43. The van der Waals surface area contributed by atoms with Gasteiger partial charge < -0.3 is 11.1 Å². The van der Waals surface area contributed by atoms with Crippen LogP contribution in [0.3, 0.4) is 0 Å². The van der Waals surface area contributed by atoms with Gasteiger partial charge in [-0.2, -0.15) is 0 Å². The Morgan fingerprint density at radius 3 is 2.26 bits per heavy atom. The number of hydrogen-bond acceptors (Lipinski definition) is 2. The summed E-state index contributed by atoms with van der Waals surface area (Å²) in [5.74, 6) is -0.201. The molecule has 1 amide bonds. The molecule has 3 N–H and O–H groups in total. The second-order valence-electron chi connectivity index (χ2n) is 4.61. The van der Waals surface area contributed by atoms with Crippen molar-refractivity contribution in [2.24, 2.45) is 11.1 Å². The van der Waals surface area contributed by atoms with Crippen molar-refractivity contribution < 1.29 is 4.79 Å². The predicted octanol–water partition coefficient (Wildman–Crippen LogP) is 4.16. The molecule has 0 radical (unpaired) electrons. The molecule has 0 aromatic heterocycles. The molecule has 104 valence electrons. The van der Waals surface area contributed by atoms with Gasteiger partial charge >= 0.3 is 0 Å². The number of rotatable bonds is 4. The van der Waals surface area contributed by atoms with E-state index in [0.29, 0.717) is 12.1 Å². The summed E-state index contributed by atoms with van der Waals surface area (Å²) in [7, 11) is 0. The van der Waals surface area contributed by atoms with Crippen LogP contribution in [0.5, 0.6) is 0 Å². The third-order valence-electron chi connectivity index (χ3n) is 3.18. The van der Waals surface area contributed by atoms with Crippen LogP contribution < -0.4 is 11.1 Å². The number of benzene rings is 1. The summed E-state index contributed by atoms with van der Waals surface area (Å²) in [6.07, 6.45) is 0.551. The maximum atomic E-state index is 12.4. The molecular formula is C13H16Br2N2OS. The first-order valence-corrected chi connectivity index (χ1v) is 7.78. The van der Waals surface area contributed by atoms with Crippen LogP contribution in [-0.4, -0.2) is 10.9 Å². The quantitative estimate of drug-likeness (QED) is 0.736. The number of amides is 1. The van der Waals surface area contributed by atoms with Gasteiger partial charge in [0.05, 0.1) is 16.1 Å². The van der Waals surface area contributed by atoms with E-state index < -0.39 is 5.41 Å². The first kappa shape index (κ1) is 16.6. The number of aryl methyl sites for hydroxylation is 1. The molecule has 0 spiro atoms. The Kier molecular flexibility index (Phi) is 5.53. The van der Waals surface area contributed by atoms with Crippen LogP contribution in [0.1, 0.15) is 25.8 Å². The number of halogens is 2. The van der Waals surface area contributed by atoms with Crippen LogP contribution in [-0.2, 0) is 4.79 Å². The van der Waals surface area contributed by atoms with Gasteiger partial charge in [0.25, 0.3) is 0 Å². The van der Waals surface area contributed by atoms with Crippen LogP contribution in [0.2, 0.25) is 0 Å². The van der Waals surface area contributed by atoms with Crippen LogP contribution in [0.15, 0.2) is 21.1 Å². The zero-order valence-electron chi connectivity index (χ0n) is 11.0. The molecule has 0 heterocycles. The molecule has 1 atom stereocenters. The molecule has 0 aliphatic carbocycles. The van der Waals surface area contributed by atoms with Crippen LogP contribution in [0.4, 0.5) is 5.69 Å². The van der Waals surface area contributed by atoms with Crippen LogP contribution in [0.25, 0.3) is 0 Å². The van der Waals surface area contributed by atoms with E-state index in [9.17, 15) is 4.79 Å². The van der Waals surface area contributed by atoms with Gasteiger partial charge in [-0.3, -0.25) is 4.79 Å². The molecule has 0 aliphatic rings. The normalized spacial score (nSPS) is 13.7. The molecule has 0 aliphatic heterocycles. The summed E-state index contributed by atoms with van der Waals surface area (Å²) in [4.78, 5) is 12.6. The van der Waals surface area contributed by atoms with Gasteiger partial charge in [0.1, 0.15) is 0 Å². The van der Waals surface area contributed by atoms with Crippen LogP contribution >= 0.6 is 44.1 Å². The summed E-state index contributed by atoms with van der Waals surface area (Å²) in [6, 6.07) is 3.87. The Hall–Kier alpha value is -0.460. The highest BCUT2D eigenvalue weighted by molar-refractivity contribution is 9.11. The van der Waals surface area contributed by atoms with Crippen molar-refractivity contribution in [2.45, 2.75) is 27.2 Å². The minimum Gasteiger partial charge on any atom is -0.392 e. The van der Waals surface area contributed by atoms with E-state index in [1.165, 1.54) is 0 Å². The zero-order chi connectivity index (χ0) is 14.8. The first-order chi connectivity index (χ1) is 8.72. The van der Waals surface area contributed by atoms with Gasteiger partial charge in [0.2, 0.25) is 5.91 Å². The number of nitrogens with two attached hydrogens (primary N) is 1. The fourth-order valence-electron chi connectivity index (χ4n) is 1.52. The number of hydrogen-bond donors (Lipinski definition) is 2. The van der Waals surface area contributed by atoms with E-state index in [1.807, 2.05) is 26.0 Å². The molecule has 1 unspecified atom stereocenters. The molecule has 0 fully saturated rings. The number of carbonyl (C=O) groups excluding carboxylic acids is 1. The van der Waals surface area contributed by atoms with E-state index >= 15 is 0 Å². The van der Waals surface area contributed by atoms with E-state index in [1.54, 1.807) is 6.92 Å². The van der Waals surface area contributed by atoms with Crippen molar-refractivity contribution >= 4 is 60.7 Å². The lowest BCUT2D eigenvalue weighted by atomic mass is 9.86. The highest BCUT2D eigenvalue weighted by atomic mass is 79.9. The average Bonchev–Trinajstić information content (AvgIpc) is 2.31. The van der Waals surface area contributed by atoms with Gasteiger partial charge in [-0.15, -0.1) is 0 Å². The van der Waals surface area contributed by atoms with Crippen molar-refractivity contribution in [3.63, 3.8) is 0 Å². The Labute approximate surface area is 135 Å². The van der Waals surface area contributed by atoms with E-state index in [0.717, 1.165) is 14.5 Å². The molecule has 1 aromatic carbocycles. The number of nitrogens with one attached hydrogen (secondary N) is 1. The van der Waals surface area contributed by atoms with Crippen molar-refractivity contribution in [3.8, 4) is 0 Å². The number of thiocarbonyl (C=S) groups is 1. The highest BCUT2D eigenvalue weighted by Gasteiger charge is 2.35. The lowest BCUT2D eigenvalue weighted by Gasteiger charge is -2.26. The number of carbonyl (C=O) groups is 1. The average molecular weight is 408 g/mol. The second kappa shape index (κ2) is 6.33. The molecule has 0 saturated heterocycles. The van der Waals surface area contributed by atoms with Crippen molar-refractivity contribution in [3.05, 3.63) is 26.6 Å². The van der Waals surface area contributed by atoms with Gasteiger partial charge in [-0.1, -0.05) is 19.1 Å². The maximum absolute atomic E-state index is 12.4. The van der Waals surface area contributed by atoms with E-state index in [-0.39, 0.29) is 10.9 Å². The molecule has 1 aromatic rings. The van der Waals surface area contributed by atoms with E-state index in [4.69, 9.17) is 18.0 Å². The van der Waals surface area contributed by atoms with Gasteiger partial charge in [-0.25, -0.2) is 0 Å². The lowest BCUT2D eigenvalue weighted by molar-refractivity contribution is -0.121.